The highest BCUT2D eigenvalue weighted by molar-refractivity contribution is 5.27. The minimum Gasteiger partial charge on any atom is -0.497 e. The Bertz CT molecular complexity index is 563. The Morgan fingerprint density at radius 2 is 2.20 bits per heavy atom. The number of hydrogen-bond donors (Lipinski definition) is 1. The van der Waals surface area contributed by atoms with Crippen molar-refractivity contribution < 1.29 is 4.74 Å². The first-order chi connectivity index (χ1) is 9.60. The second-order valence-electron chi connectivity index (χ2n) is 5.20. The van der Waals surface area contributed by atoms with Gasteiger partial charge in [0.2, 0.25) is 0 Å². The van der Waals surface area contributed by atoms with Crippen LogP contribution >= 0.6 is 0 Å². The zero-order valence-electron chi connectivity index (χ0n) is 12.5. The largest absolute Gasteiger partial charge is 0.497 e. The number of hydrogen-bond acceptors (Lipinski definition) is 3. The predicted molar refractivity (Wildman–Crippen MR) is 81.0 cm³/mol. The maximum Gasteiger partial charge on any atom is 0.122 e. The second-order valence-corrected chi connectivity index (χ2v) is 5.20. The molecule has 0 aliphatic rings. The summed E-state index contributed by atoms with van der Waals surface area (Å²) in [7, 11) is 1.68. The molecular weight excluding hydrogens is 250 g/mol. The quantitative estimate of drug-likeness (QED) is 0.880. The van der Waals surface area contributed by atoms with Crippen LogP contribution in [0.3, 0.4) is 0 Å². The third-order valence-electron chi connectivity index (χ3n) is 3.39. The molecule has 2 aromatic heterocycles. The molecule has 0 aromatic carbocycles. The fourth-order valence-corrected chi connectivity index (χ4v) is 2.25. The van der Waals surface area contributed by atoms with Crippen LogP contribution in [0, 0.1) is 6.92 Å². The van der Waals surface area contributed by atoms with Crippen molar-refractivity contribution in [2.75, 3.05) is 7.11 Å². The zero-order valence-corrected chi connectivity index (χ0v) is 12.5. The Morgan fingerprint density at radius 1 is 1.40 bits per heavy atom. The van der Waals surface area contributed by atoms with E-state index in [9.17, 15) is 0 Å². The summed E-state index contributed by atoms with van der Waals surface area (Å²) in [4.78, 5) is 4.54. The van der Waals surface area contributed by atoms with Gasteiger partial charge in [0.05, 0.1) is 19.3 Å². The van der Waals surface area contributed by atoms with Gasteiger partial charge in [-0.1, -0.05) is 6.92 Å². The highest BCUT2D eigenvalue weighted by atomic mass is 16.5. The van der Waals surface area contributed by atoms with Gasteiger partial charge in [0.1, 0.15) is 5.75 Å². The van der Waals surface area contributed by atoms with Gasteiger partial charge in [-0.15, -0.1) is 0 Å². The molecule has 2 rings (SSSR count). The van der Waals surface area contributed by atoms with Crippen molar-refractivity contribution in [3.63, 3.8) is 0 Å². The van der Waals surface area contributed by atoms with Crippen LogP contribution in [0.4, 0.5) is 0 Å². The van der Waals surface area contributed by atoms with Gasteiger partial charge >= 0.3 is 0 Å². The van der Waals surface area contributed by atoms with Crippen LogP contribution in [-0.2, 0) is 13.0 Å². The summed E-state index contributed by atoms with van der Waals surface area (Å²) >= 11 is 0. The lowest BCUT2D eigenvalue weighted by Gasteiger charge is -2.08. The lowest BCUT2D eigenvalue weighted by Crippen LogP contribution is -2.21. The zero-order chi connectivity index (χ0) is 14.5. The van der Waals surface area contributed by atoms with E-state index in [0.717, 1.165) is 36.5 Å². The van der Waals surface area contributed by atoms with E-state index in [1.807, 2.05) is 19.1 Å². The van der Waals surface area contributed by atoms with Crippen molar-refractivity contribution in [2.45, 2.75) is 39.3 Å². The summed E-state index contributed by atoms with van der Waals surface area (Å²) in [6.07, 6.45) is 6.15. The van der Waals surface area contributed by atoms with Crippen molar-refractivity contribution in [1.82, 2.24) is 9.55 Å². The topological polar surface area (TPSA) is 53.1 Å². The number of aromatic nitrogens is 2. The predicted octanol–water partition coefficient (Wildman–Crippen LogP) is 2.53. The first-order valence-electron chi connectivity index (χ1n) is 7.02. The van der Waals surface area contributed by atoms with E-state index in [4.69, 9.17) is 10.5 Å². The van der Waals surface area contributed by atoms with Crippen LogP contribution in [0.15, 0.2) is 30.6 Å². The summed E-state index contributed by atoms with van der Waals surface area (Å²) in [5.41, 5.74) is 9.24. The third-order valence-corrected chi connectivity index (χ3v) is 3.39. The van der Waals surface area contributed by atoms with Gasteiger partial charge in [0.25, 0.3) is 0 Å². The molecule has 20 heavy (non-hydrogen) atoms. The average Bonchev–Trinajstić information content (AvgIpc) is 2.85. The van der Waals surface area contributed by atoms with Gasteiger partial charge in [0, 0.05) is 36.3 Å². The van der Waals surface area contributed by atoms with Crippen LogP contribution in [0.25, 0.3) is 0 Å². The molecule has 4 nitrogen and oxygen atoms in total. The Balaban J connectivity index is 2.08. The van der Waals surface area contributed by atoms with Crippen LogP contribution in [0.2, 0.25) is 0 Å². The monoisotopic (exact) mass is 273 g/mol. The van der Waals surface area contributed by atoms with Crippen LogP contribution in [0.5, 0.6) is 5.75 Å². The van der Waals surface area contributed by atoms with Crippen LogP contribution in [-0.4, -0.2) is 22.7 Å². The molecule has 0 aliphatic carbocycles. The molecule has 2 heterocycles. The van der Waals surface area contributed by atoms with E-state index in [2.05, 4.69) is 34.9 Å². The smallest absolute Gasteiger partial charge is 0.122 e. The van der Waals surface area contributed by atoms with E-state index in [0.29, 0.717) is 0 Å². The summed E-state index contributed by atoms with van der Waals surface area (Å²) in [5, 5.41) is 0. The Kier molecular flexibility index (Phi) is 4.79. The maximum atomic E-state index is 5.99. The summed E-state index contributed by atoms with van der Waals surface area (Å²) < 4.78 is 7.42. The molecule has 108 valence electrons. The molecule has 1 unspecified atom stereocenters. The highest BCUT2D eigenvalue weighted by Gasteiger charge is 2.05. The summed E-state index contributed by atoms with van der Waals surface area (Å²) in [6, 6.07) is 6.28. The van der Waals surface area contributed by atoms with Gasteiger partial charge in [0.15, 0.2) is 0 Å². The molecule has 0 aliphatic heterocycles. The normalized spacial score (nSPS) is 12.4. The van der Waals surface area contributed by atoms with E-state index in [-0.39, 0.29) is 6.04 Å². The van der Waals surface area contributed by atoms with Gasteiger partial charge in [-0.05, 0) is 31.4 Å². The molecular formula is C16H23N3O. The number of nitrogens with two attached hydrogens (primary N) is 1. The fourth-order valence-electron chi connectivity index (χ4n) is 2.25. The molecule has 0 amide bonds. The number of pyridine rings is 1. The SMILES string of the molecule is CCC(N)Cc1ccn(Cc2cc(OC)cc(C)n2)c1. The van der Waals surface area contributed by atoms with Crippen molar-refractivity contribution >= 4 is 0 Å². The molecule has 0 bridgehead atoms. The highest BCUT2D eigenvalue weighted by Crippen LogP contribution is 2.15. The summed E-state index contributed by atoms with van der Waals surface area (Å²) in [5.74, 6) is 0.855. The van der Waals surface area contributed by atoms with Crippen molar-refractivity contribution in [3.05, 3.63) is 47.5 Å². The minimum atomic E-state index is 0.239. The first kappa shape index (κ1) is 14.6. The molecule has 2 aromatic rings. The maximum absolute atomic E-state index is 5.99. The molecule has 0 fully saturated rings. The van der Waals surface area contributed by atoms with E-state index < -0.39 is 0 Å². The van der Waals surface area contributed by atoms with E-state index in [1.54, 1.807) is 7.11 Å². The van der Waals surface area contributed by atoms with Crippen LogP contribution < -0.4 is 10.5 Å². The Morgan fingerprint density at radius 3 is 2.90 bits per heavy atom. The molecule has 1 atom stereocenters. The molecule has 0 spiro atoms. The van der Waals surface area contributed by atoms with Gasteiger partial charge in [-0.3, -0.25) is 4.98 Å². The van der Waals surface area contributed by atoms with Gasteiger partial charge < -0.3 is 15.0 Å². The fraction of sp³-hybridized carbons (Fsp3) is 0.438. The van der Waals surface area contributed by atoms with E-state index >= 15 is 0 Å². The van der Waals surface area contributed by atoms with Crippen molar-refractivity contribution in [3.8, 4) is 5.75 Å². The molecule has 0 saturated carbocycles. The minimum absolute atomic E-state index is 0.239. The lowest BCUT2D eigenvalue weighted by atomic mass is 10.1. The second kappa shape index (κ2) is 6.57. The number of nitrogens with zero attached hydrogens (tertiary/aromatic N) is 2. The van der Waals surface area contributed by atoms with E-state index in [1.165, 1.54) is 5.56 Å². The molecule has 0 radical (unpaired) electrons. The van der Waals surface area contributed by atoms with Gasteiger partial charge in [-0.25, -0.2) is 0 Å². The number of ether oxygens (including phenoxy) is 1. The third kappa shape index (κ3) is 3.84. The molecule has 2 N–H and O–H groups in total. The average molecular weight is 273 g/mol. The van der Waals surface area contributed by atoms with Crippen LogP contribution in [0.1, 0.15) is 30.3 Å². The van der Waals surface area contributed by atoms with Gasteiger partial charge in [-0.2, -0.15) is 0 Å². The molecule has 0 saturated heterocycles. The molecule has 4 heteroatoms. The number of methoxy groups -OCH3 is 1. The van der Waals surface area contributed by atoms with Crippen molar-refractivity contribution in [1.29, 1.82) is 0 Å². The number of aryl methyl sites for hydroxylation is 1. The Labute approximate surface area is 120 Å². The standard InChI is InChI=1S/C16H23N3O/c1-4-14(17)8-13-5-6-19(10-13)11-15-9-16(20-3)7-12(2)18-15/h5-7,9-10,14H,4,8,11,17H2,1-3H3. The summed E-state index contributed by atoms with van der Waals surface area (Å²) in [6.45, 7) is 4.84. The van der Waals surface area contributed by atoms with Crippen molar-refractivity contribution in [2.24, 2.45) is 5.73 Å². The number of rotatable bonds is 6. The first-order valence-corrected chi connectivity index (χ1v) is 7.02. The Hall–Kier alpha value is -1.81. The lowest BCUT2D eigenvalue weighted by molar-refractivity contribution is 0.413.